The number of rotatable bonds is 8. The molecule has 1 fully saturated rings. The standard InChI is InChI=1S/C24H24F6N4O2/c25-23(26,27)18-2-1-3-19(14-18)34-12-10-33(11-13-34)9-8-31-16-21-15-22(32-36-21)17-4-6-20(7-5-17)35-24(28,29)30/h1-7,14-15,31H,8-13,16H2. The first-order valence-corrected chi connectivity index (χ1v) is 11.2. The summed E-state index contributed by atoms with van der Waals surface area (Å²) in [4.78, 5) is 4.19. The van der Waals surface area contributed by atoms with Gasteiger partial charge < -0.3 is 19.5 Å². The van der Waals surface area contributed by atoms with E-state index in [-0.39, 0.29) is 5.75 Å². The Morgan fingerprint density at radius 3 is 2.31 bits per heavy atom. The van der Waals surface area contributed by atoms with Crippen molar-refractivity contribution in [2.75, 3.05) is 44.2 Å². The smallest absolute Gasteiger partial charge is 0.406 e. The zero-order valence-electron chi connectivity index (χ0n) is 19.1. The van der Waals surface area contributed by atoms with E-state index >= 15 is 0 Å². The van der Waals surface area contributed by atoms with E-state index in [1.54, 1.807) is 12.1 Å². The van der Waals surface area contributed by atoms with E-state index in [9.17, 15) is 26.3 Å². The Morgan fingerprint density at radius 2 is 1.64 bits per heavy atom. The highest BCUT2D eigenvalue weighted by Crippen LogP contribution is 2.32. The van der Waals surface area contributed by atoms with Gasteiger partial charge in [0.1, 0.15) is 11.4 Å². The second-order valence-corrected chi connectivity index (χ2v) is 8.30. The molecule has 0 bridgehead atoms. The second-order valence-electron chi connectivity index (χ2n) is 8.30. The third kappa shape index (κ3) is 7.14. The lowest BCUT2D eigenvalue weighted by Gasteiger charge is -2.36. The molecule has 6 nitrogen and oxygen atoms in total. The SMILES string of the molecule is FC(F)(F)Oc1ccc(-c2cc(CNCCN3CCN(c4cccc(C(F)(F)F)c4)CC3)on2)cc1. The molecule has 0 atom stereocenters. The molecule has 0 aliphatic carbocycles. The molecular formula is C24H24F6N4O2. The summed E-state index contributed by atoms with van der Waals surface area (Å²) >= 11 is 0. The first kappa shape index (κ1) is 25.8. The second kappa shape index (κ2) is 10.8. The van der Waals surface area contributed by atoms with Crippen LogP contribution in [0.4, 0.5) is 32.0 Å². The zero-order chi connectivity index (χ0) is 25.8. The third-order valence-electron chi connectivity index (χ3n) is 5.76. The summed E-state index contributed by atoms with van der Waals surface area (Å²) in [5.74, 6) is 0.266. The van der Waals surface area contributed by atoms with Crippen molar-refractivity contribution in [1.82, 2.24) is 15.4 Å². The average Bonchev–Trinajstić information content (AvgIpc) is 3.30. The molecule has 36 heavy (non-hydrogen) atoms. The number of benzene rings is 2. The Balaban J connectivity index is 1.18. The molecule has 2 aromatic carbocycles. The van der Waals surface area contributed by atoms with Crippen LogP contribution in [0.15, 0.2) is 59.1 Å². The molecule has 1 aliphatic heterocycles. The maximum atomic E-state index is 13.0. The van der Waals surface area contributed by atoms with Crippen LogP contribution in [0.2, 0.25) is 0 Å². The van der Waals surface area contributed by atoms with Gasteiger partial charge in [-0.05, 0) is 42.5 Å². The fraction of sp³-hybridized carbons (Fsp3) is 0.375. The molecule has 0 radical (unpaired) electrons. The highest BCUT2D eigenvalue weighted by molar-refractivity contribution is 5.59. The van der Waals surface area contributed by atoms with Gasteiger partial charge in [0.2, 0.25) is 0 Å². The van der Waals surface area contributed by atoms with Gasteiger partial charge in [-0.25, -0.2) is 0 Å². The highest BCUT2D eigenvalue weighted by atomic mass is 19.4. The van der Waals surface area contributed by atoms with Gasteiger partial charge in [-0.1, -0.05) is 11.2 Å². The summed E-state index contributed by atoms with van der Waals surface area (Å²) in [6.45, 7) is 4.60. The lowest BCUT2D eigenvalue weighted by Crippen LogP contribution is -2.48. The third-order valence-corrected chi connectivity index (χ3v) is 5.76. The van der Waals surface area contributed by atoms with Gasteiger partial charge in [0, 0.05) is 56.6 Å². The van der Waals surface area contributed by atoms with E-state index in [1.807, 2.05) is 4.90 Å². The van der Waals surface area contributed by atoms with Crippen molar-refractivity contribution >= 4 is 5.69 Å². The van der Waals surface area contributed by atoms with Crippen LogP contribution in [0.3, 0.4) is 0 Å². The molecule has 0 spiro atoms. The number of hydrogen-bond donors (Lipinski definition) is 1. The van der Waals surface area contributed by atoms with Gasteiger partial charge in [0.25, 0.3) is 0 Å². The van der Waals surface area contributed by atoms with Gasteiger partial charge >= 0.3 is 12.5 Å². The minimum Gasteiger partial charge on any atom is -0.406 e. The molecule has 194 valence electrons. The average molecular weight is 514 g/mol. The number of alkyl halides is 6. The van der Waals surface area contributed by atoms with Crippen LogP contribution in [0.1, 0.15) is 11.3 Å². The van der Waals surface area contributed by atoms with Crippen LogP contribution in [-0.4, -0.2) is 55.7 Å². The van der Waals surface area contributed by atoms with Crippen molar-refractivity contribution in [3.63, 3.8) is 0 Å². The number of aromatic nitrogens is 1. The van der Waals surface area contributed by atoms with Gasteiger partial charge in [-0.15, -0.1) is 13.2 Å². The number of anilines is 1. The molecule has 12 heteroatoms. The quantitative estimate of drug-likeness (QED) is 0.331. The number of ether oxygens (including phenoxy) is 1. The summed E-state index contributed by atoms with van der Waals surface area (Å²) < 4.78 is 84.9. The molecule has 0 saturated carbocycles. The maximum Gasteiger partial charge on any atom is 0.573 e. The lowest BCUT2D eigenvalue weighted by molar-refractivity contribution is -0.274. The summed E-state index contributed by atoms with van der Waals surface area (Å²) in [6, 6.07) is 12.5. The van der Waals surface area contributed by atoms with Crippen molar-refractivity contribution in [2.24, 2.45) is 0 Å². The van der Waals surface area contributed by atoms with Crippen molar-refractivity contribution in [1.29, 1.82) is 0 Å². The Morgan fingerprint density at radius 1 is 0.917 bits per heavy atom. The molecule has 1 saturated heterocycles. The maximum absolute atomic E-state index is 13.0. The summed E-state index contributed by atoms with van der Waals surface area (Å²) in [5.41, 5.74) is 1.02. The van der Waals surface area contributed by atoms with E-state index in [0.29, 0.717) is 48.9 Å². The largest absolute Gasteiger partial charge is 0.573 e. The van der Waals surface area contributed by atoms with Crippen LogP contribution < -0.4 is 15.0 Å². The van der Waals surface area contributed by atoms with E-state index in [0.717, 1.165) is 25.7 Å². The van der Waals surface area contributed by atoms with Crippen LogP contribution in [0.5, 0.6) is 5.75 Å². The predicted molar refractivity (Wildman–Crippen MR) is 120 cm³/mol. The first-order valence-electron chi connectivity index (χ1n) is 11.2. The van der Waals surface area contributed by atoms with Gasteiger partial charge in [0.05, 0.1) is 12.1 Å². The normalized spacial score (nSPS) is 15.3. The van der Waals surface area contributed by atoms with Gasteiger partial charge in [-0.2, -0.15) is 13.2 Å². The van der Waals surface area contributed by atoms with E-state index in [4.69, 9.17) is 4.52 Å². The van der Waals surface area contributed by atoms with Crippen molar-refractivity contribution < 1.29 is 35.6 Å². The van der Waals surface area contributed by atoms with Crippen molar-refractivity contribution in [2.45, 2.75) is 19.1 Å². The molecule has 3 aromatic rings. The Labute approximate surface area is 203 Å². The van der Waals surface area contributed by atoms with Gasteiger partial charge in [0.15, 0.2) is 5.76 Å². The molecule has 4 rings (SSSR count). The van der Waals surface area contributed by atoms with Crippen LogP contribution in [-0.2, 0) is 12.7 Å². The number of hydrogen-bond acceptors (Lipinski definition) is 6. The van der Waals surface area contributed by atoms with Crippen LogP contribution >= 0.6 is 0 Å². The molecule has 1 aromatic heterocycles. The Hall–Kier alpha value is -3.25. The van der Waals surface area contributed by atoms with Crippen LogP contribution in [0, 0.1) is 0 Å². The first-order chi connectivity index (χ1) is 17.1. The van der Waals surface area contributed by atoms with Gasteiger partial charge in [-0.3, -0.25) is 4.90 Å². The fourth-order valence-corrected chi connectivity index (χ4v) is 3.92. The topological polar surface area (TPSA) is 53.8 Å². The zero-order valence-corrected chi connectivity index (χ0v) is 19.1. The summed E-state index contributed by atoms with van der Waals surface area (Å²) in [7, 11) is 0. The molecule has 1 N–H and O–H groups in total. The van der Waals surface area contributed by atoms with E-state index in [1.165, 1.54) is 36.4 Å². The highest BCUT2D eigenvalue weighted by Gasteiger charge is 2.32. The number of halogens is 6. The summed E-state index contributed by atoms with van der Waals surface area (Å²) in [5, 5.41) is 7.21. The fourth-order valence-electron chi connectivity index (χ4n) is 3.92. The number of nitrogens with one attached hydrogen (secondary N) is 1. The lowest BCUT2D eigenvalue weighted by atomic mass is 10.1. The van der Waals surface area contributed by atoms with Crippen LogP contribution in [0.25, 0.3) is 11.3 Å². The number of piperazine rings is 1. The molecule has 1 aliphatic rings. The van der Waals surface area contributed by atoms with Crippen molar-refractivity contribution in [3.8, 4) is 17.0 Å². The van der Waals surface area contributed by atoms with E-state index < -0.39 is 18.1 Å². The molecule has 0 amide bonds. The minimum atomic E-state index is -4.75. The minimum absolute atomic E-state index is 0.313. The molecule has 0 unspecified atom stereocenters. The van der Waals surface area contributed by atoms with Crippen molar-refractivity contribution in [3.05, 3.63) is 65.9 Å². The summed E-state index contributed by atoms with van der Waals surface area (Å²) in [6.07, 6.45) is -9.10. The Bertz CT molecular complexity index is 1120. The molecule has 2 heterocycles. The Kier molecular flexibility index (Phi) is 7.74. The number of nitrogens with zero attached hydrogens (tertiary/aromatic N) is 3. The molecular weight excluding hydrogens is 490 g/mol. The predicted octanol–water partition coefficient (Wildman–Crippen LogP) is 5.17. The monoisotopic (exact) mass is 514 g/mol. The van der Waals surface area contributed by atoms with E-state index in [2.05, 4.69) is 20.1 Å².